The quantitative estimate of drug-likeness (QED) is 0.876. The summed E-state index contributed by atoms with van der Waals surface area (Å²) in [5.74, 6) is 0.199. The molecule has 4 nitrogen and oxygen atoms in total. The number of likely N-dealkylation sites (tertiary alicyclic amines) is 1. The molecule has 1 fully saturated rings. The van der Waals surface area contributed by atoms with E-state index < -0.39 is 0 Å². The van der Waals surface area contributed by atoms with Crippen LogP contribution in [0.2, 0.25) is 0 Å². The van der Waals surface area contributed by atoms with Gasteiger partial charge < -0.3 is 5.32 Å². The highest BCUT2D eigenvalue weighted by molar-refractivity contribution is 7.99. The van der Waals surface area contributed by atoms with E-state index in [-0.39, 0.29) is 5.91 Å². The molecular weight excluding hydrogens is 282 g/mol. The number of nitrogens with one attached hydrogen (secondary N) is 1. The van der Waals surface area contributed by atoms with Crippen molar-refractivity contribution in [3.05, 3.63) is 30.1 Å². The summed E-state index contributed by atoms with van der Waals surface area (Å²) in [4.78, 5) is 18.4. The van der Waals surface area contributed by atoms with Gasteiger partial charge in [-0.1, -0.05) is 6.92 Å². The lowest BCUT2D eigenvalue weighted by atomic mass is 10.0. The van der Waals surface area contributed by atoms with Gasteiger partial charge in [-0.3, -0.25) is 14.7 Å². The number of nitrogens with zero attached hydrogens (tertiary/aromatic N) is 2. The minimum atomic E-state index is 0.199. The third kappa shape index (κ3) is 5.67. The molecule has 0 aromatic carbocycles. The average molecular weight is 307 g/mol. The van der Waals surface area contributed by atoms with Crippen LogP contribution in [0.25, 0.3) is 0 Å². The van der Waals surface area contributed by atoms with Gasteiger partial charge in [0.15, 0.2) is 0 Å². The number of carbonyl (C=O) groups excluding carboxylic acids is 1. The molecule has 2 rings (SSSR count). The van der Waals surface area contributed by atoms with Gasteiger partial charge in [-0.05, 0) is 36.8 Å². The first kappa shape index (κ1) is 16.3. The number of carbonyl (C=O) groups is 1. The zero-order valence-corrected chi connectivity index (χ0v) is 13.7. The molecule has 1 aliphatic heterocycles. The first-order valence-electron chi connectivity index (χ1n) is 7.61. The maximum atomic E-state index is 11.9. The van der Waals surface area contributed by atoms with Gasteiger partial charge in [0.1, 0.15) is 0 Å². The number of thioether (sulfide) groups is 1. The van der Waals surface area contributed by atoms with Crippen molar-refractivity contribution in [3.63, 3.8) is 0 Å². The molecule has 0 aliphatic carbocycles. The molecule has 1 amide bonds. The Morgan fingerprint density at radius 3 is 2.71 bits per heavy atom. The van der Waals surface area contributed by atoms with Crippen LogP contribution < -0.4 is 5.32 Å². The van der Waals surface area contributed by atoms with Crippen LogP contribution in [-0.4, -0.2) is 46.4 Å². The van der Waals surface area contributed by atoms with E-state index in [0.717, 1.165) is 32.5 Å². The van der Waals surface area contributed by atoms with Crippen LogP contribution in [-0.2, 0) is 11.3 Å². The Bertz CT molecular complexity index is 432. The molecule has 116 valence electrons. The predicted octanol–water partition coefficient (Wildman–Crippen LogP) is 2.30. The molecule has 21 heavy (non-hydrogen) atoms. The Kier molecular flexibility index (Phi) is 6.51. The normalized spacial score (nSPS) is 18.4. The van der Waals surface area contributed by atoms with Crippen LogP contribution in [0.5, 0.6) is 0 Å². The number of aromatic nitrogens is 1. The Morgan fingerprint density at radius 2 is 2.10 bits per heavy atom. The van der Waals surface area contributed by atoms with E-state index in [2.05, 4.69) is 40.5 Å². The maximum absolute atomic E-state index is 11.9. The fraction of sp³-hybridized carbons (Fsp3) is 0.625. The summed E-state index contributed by atoms with van der Waals surface area (Å²) in [5.41, 5.74) is 1.31. The molecule has 0 radical (unpaired) electrons. The Hall–Kier alpha value is -1.07. The van der Waals surface area contributed by atoms with Crippen molar-refractivity contribution in [2.75, 3.05) is 19.3 Å². The summed E-state index contributed by atoms with van der Waals surface area (Å²) in [7, 11) is 0. The summed E-state index contributed by atoms with van der Waals surface area (Å²) >= 11 is 1.74. The number of hydrogen-bond acceptors (Lipinski definition) is 4. The first-order valence-corrected chi connectivity index (χ1v) is 8.89. The number of pyridine rings is 1. The van der Waals surface area contributed by atoms with E-state index in [9.17, 15) is 4.79 Å². The van der Waals surface area contributed by atoms with Crippen molar-refractivity contribution in [1.82, 2.24) is 15.2 Å². The average Bonchev–Trinajstić information content (AvgIpc) is 2.50. The molecule has 1 aromatic rings. The van der Waals surface area contributed by atoms with Gasteiger partial charge in [-0.2, -0.15) is 11.8 Å². The first-order chi connectivity index (χ1) is 10.2. The van der Waals surface area contributed by atoms with Gasteiger partial charge in [0.05, 0.1) is 0 Å². The van der Waals surface area contributed by atoms with Crippen molar-refractivity contribution < 1.29 is 4.79 Å². The van der Waals surface area contributed by atoms with Crippen molar-refractivity contribution in [2.24, 2.45) is 0 Å². The third-order valence-electron chi connectivity index (χ3n) is 3.98. The smallest absolute Gasteiger partial charge is 0.221 e. The van der Waals surface area contributed by atoms with E-state index in [0.29, 0.717) is 17.7 Å². The zero-order valence-electron chi connectivity index (χ0n) is 12.9. The highest BCUT2D eigenvalue weighted by Gasteiger charge is 2.21. The Labute approximate surface area is 131 Å². The zero-order chi connectivity index (χ0) is 15.1. The van der Waals surface area contributed by atoms with Gasteiger partial charge in [-0.15, -0.1) is 0 Å². The molecule has 1 aromatic heterocycles. The summed E-state index contributed by atoms with van der Waals surface area (Å²) in [6, 6.07) is 4.48. The molecule has 1 atom stereocenters. The van der Waals surface area contributed by atoms with Gasteiger partial charge in [0.2, 0.25) is 5.91 Å². The van der Waals surface area contributed by atoms with E-state index in [1.165, 1.54) is 5.56 Å². The topological polar surface area (TPSA) is 45.2 Å². The van der Waals surface area contributed by atoms with Crippen LogP contribution in [0.4, 0.5) is 0 Å². The fourth-order valence-electron chi connectivity index (χ4n) is 2.61. The van der Waals surface area contributed by atoms with Crippen LogP contribution >= 0.6 is 11.8 Å². The van der Waals surface area contributed by atoms with Gasteiger partial charge in [0.25, 0.3) is 0 Å². The summed E-state index contributed by atoms with van der Waals surface area (Å²) in [6.45, 7) is 5.17. The highest BCUT2D eigenvalue weighted by atomic mass is 32.2. The molecule has 5 heteroatoms. The minimum absolute atomic E-state index is 0.199. The molecule has 1 N–H and O–H groups in total. The maximum Gasteiger partial charge on any atom is 0.221 e. The van der Waals surface area contributed by atoms with Crippen molar-refractivity contribution in [2.45, 2.75) is 44.0 Å². The number of amides is 1. The molecule has 0 spiro atoms. The lowest BCUT2D eigenvalue weighted by Gasteiger charge is -2.32. The number of piperidine rings is 1. The molecule has 1 saturated heterocycles. The second kappa shape index (κ2) is 8.39. The predicted molar refractivity (Wildman–Crippen MR) is 88.3 cm³/mol. The summed E-state index contributed by atoms with van der Waals surface area (Å²) < 4.78 is 0. The molecular formula is C16H25N3OS. The van der Waals surface area contributed by atoms with Gasteiger partial charge in [0, 0.05) is 49.7 Å². The molecule has 0 unspecified atom stereocenters. The number of rotatable bonds is 6. The van der Waals surface area contributed by atoms with Gasteiger partial charge >= 0.3 is 0 Å². The van der Waals surface area contributed by atoms with E-state index in [1.807, 2.05) is 12.4 Å². The van der Waals surface area contributed by atoms with Crippen LogP contribution in [0.3, 0.4) is 0 Å². The molecule has 0 saturated carbocycles. The lowest BCUT2D eigenvalue weighted by molar-refractivity contribution is -0.122. The molecule has 0 bridgehead atoms. The standard InChI is InChI=1S/C16H25N3OS/c1-13(21-2)11-16(20)18-15-5-9-19(10-6-15)12-14-3-7-17-8-4-14/h3-4,7-8,13,15H,5-6,9-12H2,1-2H3,(H,18,20)/t13-/m0/s1. The van der Waals surface area contributed by atoms with Crippen LogP contribution in [0.15, 0.2) is 24.5 Å². The second-order valence-electron chi connectivity index (χ2n) is 5.72. The number of hydrogen-bond donors (Lipinski definition) is 1. The molecule has 2 heterocycles. The van der Waals surface area contributed by atoms with E-state index in [1.54, 1.807) is 11.8 Å². The second-order valence-corrected chi connectivity index (χ2v) is 7.00. The van der Waals surface area contributed by atoms with Crippen molar-refractivity contribution in [3.8, 4) is 0 Å². The van der Waals surface area contributed by atoms with Gasteiger partial charge in [-0.25, -0.2) is 0 Å². The summed E-state index contributed by atoms with van der Waals surface area (Å²) in [6.07, 6.45) is 8.45. The summed E-state index contributed by atoms with van der Waals surface area (Å²) in [5, 5.41) is 3.58. The lowest BCUT2D eigenvalue weighted by Crippen LogP contribution is -2.44. The Morgan fingerprint density at radius 1 is 1.43 bits per heavy atom. The van der Waals surface area contributed by atoms with E-state index >= 15 is 0 Å². The largest absolute Gasteiger partial charge is 0.353 e. The molecule has 1 aliphatic rings. The fourth-order valence-corrected chi connectivity index (χ4v) is 2.93. The highest BCUT2D eigenvalue weighted by Crippen LogP contribution is 2.15. The van der Waals surface area contributed by atoms with E-state index in [4.69, 9.17) is 0 Å². The van der Waals surface area contributed by atoms with Crippen LogP contribution in [0, 0.1) is 0 Å². The minimum Gasteiger partial charge on any atom is -0.353 e. The monoisotopic (exact) mass is 307 g/mol. The van der Waals surface area contributed by atoms with Crippen molar-refractivity contribution >= 4 is 17.7 Å². The third-order valence-corrected chi connectivity index (χ3v) is 4.95. The van der Waals surface area contributed by atoms with Crippen molar-refractivity contribution in [1.29, 1.82) is 0 Å². The SMILES string of the molecule is CS[C@@H](C)CC(=O)NC1CCN(Cc2ccncc2)CC1. The Balaban J connectivity index is 1.69. The van der Waals surface area contributed by atoms with Crippen LogP contribution in [0.1, 0.15) is 31.7 Å².